The van der Waals surface area contributed by atoms with Crippen LogP contribution in [0.4, 0.5) is 0 Å². The molecule has 0 aromatic carbocycles. The van der Waals surface area contributed by atoms with Crippen molar-refractivity contribution in [3.05, 3.63) is 21.3 Å². The first-order chi connectivity index (χ1) is 8.70. The molecule has 102 valence electrons. The standard InChI is InChI=1S/C15H24ClNS/c1-3-15(9-5-6-10-15)13(17-4-2)11-12-7-8-14(16)18-12/h7-8,13,17H,3-6,9-11H2,1-2H3. The minimum Gasteiger partial charge on any atom is -0.313 e. The second kappa shape index (κ2) is 6.40. The SMILES string of the molecule is CCNC(Cc1ccc(Cl)s1)C1(CC)CCCC1. The van der Waals surface area contributed by atoms with Gasteiger partial charge in [-0.3, -0.25) is 0 Å². The van der Waals surface area contributed by atoms with Crippen LogP contribution in [0.3, 0.4) is 0 Å². The highest BCUT2D eigenvalue weighted by atomic mass is 35.5. The van der Waals surface area contributed by atoms with Crippen LogP contribution in [-0.4, -0.2) is 12.6 Å². The van der Waals surface area contributed by atoms with Gasteiger partial charge >= 0.3 is 0 Å². The Hall–Kier alpha value is -0.0500. The predicted octanol–water partition coefficient (Wildman–Crippen LogP) is 4.89. The molecule has 1 unspecified atom stereocenters. The minimum atomic E-state index is 0.520. The lowest BCUT2D eigenvalue weighted by molar-refractivity contribution is 0.187. The van der Waals surface area contributed by atoms with Crippen molar-refractivity contribution in [3.8, 4) is 0 Å². The number of halogens is 1. The number of nitrogens with one attached hydrogen (secondary N) is 1. The fraction of sp³-hybridized carbons (Fsp3) is 0.733. The number of hydrogen-bond donors (Lipinski definition) is 1. The van der Waals surface area contributed by atoms with Crippen LogP contribution in [0.25, 0.3) is 0 Å². The molecule has 1 aliphatic carbocycles. The Labute approximate surface area is 120 Å². The summed E-state index contributed by atoms with van der Waals surface area (Å²) < 4.78 is 0.914. The lowest BCUT2D eigenvalue weighted by Crippen LogP contribution is -2.45. The zero-order valence-corrected chi connectivity index (χ0v) is 13.0. The second-order valence-corrected chi connectivity index (χ2v) is 7.24. The molecule has 0 radical (unpaired) electrons. The van der Waals surface area contributed by atoms with Crippen molar-refractivity contribution < 1.29 is 0 Å². The molecule has 1 aromatic heterocycles. The van der Waals surface area contributed by atoms with E-state index in [1.807, 2.05) is 6.07 Å². The van der Waals surface area contributed by atoms with Gasteiger partial charge in [-0.15, -0.1) is 11.3 Å². The average molecular weight is 286 g/mol. The Balaban J connectivity index is 2.11. The van der Waals surface area contributed by atoms with Crippen LogP contribution in [0.5, 0.6) is 0 Å². The third-order valence-corrected chi connectivity index (χ3v) is 5.78. The van der Waals surface area contributed by atoms with E-state index in [1.54, 1.807) is 11.3 Å². The lowest BCUT2D eigenvalue weighted by Gasteiger charge is -2.37. The van der Waals surface area contributed by atoms with Crippen molar-refractivity contribution in [2.75, 3.05) is 6.54 Å². The van der Waals surface area contributed by atoms with E-state index in [-0.39, 0.29) is 0 Å². The van der Waals surface area contributed by atoms with Crippen molar-refractivity contribution in [2.24, 2.45) is 5.41 Å². The third-order valence-electron chi connectivity index (χ3n) is 4.53. The molecule has 0 saturated heterocycles. The van der Waals surface area contributed by atoms with Crippen LogP contribution >= 0.6 is 22.9 Å². The van der Waals surface area contributed by atoms with E-state index in [0.717, 1.165) is 17.3 Å². The molecule has 2 rings (SSSR count). The van der Waals surface area contributed by atoms with Crippen molar-refractivity contribution in [1.82, 2.24) is 5.32 Å². The molecule has 1 heterocycles. The summed E-state index contributed by atoms with van der Waals surface area (Å²) in [5.74, 6) is 0. The first-order valence-corrected chi connectivity index (χ1v) is 8.37. The Morgan fingerprint density at radius 3 is 2.56 bits per heavy atom. The first-order valence-electron chi connectivity index (χ1n) is 7.18. The molecule has 0 aliphatic heterocycles. The molecule has 1 aliphatic rings. The fourth-order valence-electron chi connectivity index (χ4n) is 3.44. The van der Waals surface area contributed by atoms with Gasteiger partial charge in [-0.2, -0.15) is 0 Å². The molecular weight excluding hydrogens is 262 g/mol. The number of hydrogen-bond acceptors (Lipinski definition) is 2. The van der Waals surface area contributed by atoms with Crippen LogP contribution in [0, 0.1) is 5.41 Å². The molecule has 1 aromatic rings. The highest BCUT2D eigenvalue weighted by Gasteiger charge is 2.39. The fourth-order valence-corrected chi connectivity index (χ4v) is 4.57. The maximum Gasteiger partial charge on any atom is 0.0931 e. The molecule has 1 N–H and O–H groups in total. The van der Waals surface area contributed by atoms with Crippen molar-refractivity contribution in [3.63, 3.8) is 0 Å². The summed E-state index contributed by atoms with van der Waals surface area (Å²) in [5.41, 5.74) is 0.520. The average Bonchev–Trinajstić information content (AvgIpc) is 2.98. The Morgan fingerprint density at radius 2 is 2.06 bits per heavy atom. The molecule has 0 amide bonds. The monoisotopic (exact) mass is 285 g/mol. The van der Waals surface area contributed by atoms with Gasteiger partial charge in [0.05, 0.1) is 4.34 Å². The van der Waals surface area contributed by atoms with E-state index < -0.39 is 0 Å². The van der Waals surface area contributed by atoms with Gasteiger partial charge in [-0.05, 0) is 49.8 Å². The lowest BCUT2D eigenvalue weighted by atomic mass is 9.74. The quantitative estimate of drug-likeness (QED) is 0.784. The normalized spacial score (nSPS) is 20.2. The molecule has 0 bridgehead atoms. The maximum atomic E-state index is 6.05. The van der Waals surface area contributed by atoms with Gasteiger partial charge in [0.1, 0.15) is 0 Å². The predicted molar refractivity (Wildman–Crippen MR) is 81.7 cm³/mol. The van der Waals surface area contributed by atoms with Gasteiger partial charge < -0.3 is 5.32 Å². The van der Waals surface area contributed by atoms with E-state index in [1.165, 1.54) is 37.0 Å². The van der Waals surface area contributed by atoms with E-state index in [2.05, 4.69) is 25.2 Å². The molecular formula is C15H24ClNS. The van der Waals surface area contributed by atoms with Gasteiger partial charge in [0, 0.05) is 10.9 Å². The zero-order chi connectivity index (χ0) is 13.0. The van der Waals surface area contributed by atoms with Crippen LogP contribution in [0.1, 0.15) is 50.8 Å². The second-order valence-electron chi connectivity index (χ2n) is 5.44. The summed E-state index contributed by atoms with van der Waals surface area (Å²) in [6, 6.07) is 4.83. The van der Waals surface area contributed by atoms with Gasteiger partial charge in [-0.25, -0.2) is 0 Å². The van der Waals surface area contributed by atoms with E-state index in [4.69, 9.17) is 11.6 Å². The van der Waals surface area contributed by atoms with Crippen LogP contribution in [-0.2, 0) is 6.42 Å². The number of thiophene rings is 1. The van der Waals surface area contributed by atoms with Crippen molar-refractivity contribution in [1.29, 1.82) is 0 Å². The summed E-state index contributed by atoms with van der Waals surface area (Å²) in [5, 5.41) is 3.74. The largest absolute Gasteiger partial charge is 0.313 e. The van der Waals surface area contributed by atoms with Gasteiger partial charge in [0.25, 0.3) is 0 Å². The van der Waals surface area contributed by atoms with E-state index >= 15 is 0 Å². The Kier molecular flexibility index (Phi) is 5.11. The molecule has 1 atom stereocenters. The molecule has 3 heteroatoms. The maximum absolute atomic E-state index is 6.05. The van der Waals surface area contributed by atoms with E-state index in [0.29, 0.717) is 11.5 Å². The smallest absolute Gasteiger partial charge is 0.0931 e. The summed E-state index contributed by atoms with van der Waals surface area (Å²) in [4.78, 5) is 1.42. The number of likely N-dealkylation sites (N-methyl/N-ethyl adjacent to an activating group) is 1. The summed E-state index contributed by atoms with van der Waals surface area (Å²) in [6.45, 7) is 5.63. The summed E-state index contributed by atoms with van der Waals surface area (Å²) >= 11 is 7.78. The van der Waals surface area contributed by atoms with Gasteiger partial charge in [0.15, 0.2) is 0 Å². The highest BCUT2D eigenvalue weighted by Crippen LogP contribution is 2.45. The zero-order valence-electron chi connectivity index (χ0n) is 11.5. The van der Waals surface area contributed by atoms with Crippen LogP contribution < -0.4 is 5.32 Å². The van der Waals surface area contributed by atoms with Gasteiger partial charge in [-0.1, -0.05) is 38.3 Å². The summed E-state index contributed by atoms with van der Waals surface area (Å²) in [7, 11) is 0. The molecule has 1 fully saturated rings. The number of rotatable bonds is 6. The highest BCUT2D eigenvalue weighted by molar-refractivity contribution is 7.16. The topological polar surface area (TPSA) is 12.0 Å². The Morgan fingerprint density at radius 1 is 1.33 bits per heavy atom. The third kappa shape index (κ3) is 3.09. The van der Waals surface area contributed by atoms with Crippen LogP contribution in [0.2, 0.25) is 4.34 Å². The van der Waals surface area contributed by atoms with Gasteiger partial charge in [0.2, 0.25) is 0 Å². The van der Waals surface area contributed by atoms with Crippen molar-refractivity contribution >= 4 is 22.9 Å². The Bertz CT molecular complexity index is 368. The summed E-state index contributed by atoms with van der Waals surface area (Å²) in [6.07, 6.45) is 8.02. The molecule has 0 spiro atoms. The minimum absolute atomic E-state index is 0.520. The molecule has 1 saturated carbocycles. The molecule has 1 nitrogen and oxygen atoms in total. The molecule has 18 heavy (non-hydrogen) atoms. The van der Waals surface area contributed by atoms with E-state index in [9.17, 15) is 0 Å². The van der Waals surface area contributed by atoms with Crippen LogP contribution in [0.15, 0.2) is 12.1 Å². The first kappa shape index (κ1) is 14.4. The van der Waals surface area contributed by atoms with Crippen molar-refractivity contribution in [2.45, 2.75) is 58.4 Å².